The van der Waals surface area contributed by atoms with Gasteiger partial charge in [-0.15, -0.1) is 0 Å². The molecule has 1 aliphatic carbocycles. The first-order valence-electron chi connectivity index (χ1n) is 11.3. The molecular formula is C23H20F5N5O4. The molecule has 2 unspecified atom stereocenters. The zero-order chi connectivity index (χ0) is 26.6. The van der Waals surface area contributed by atoms with Crippen molar-refractivity contribution in [2.75, 3.05) is 18.0 Å². The van der Waals surface area contributed by atoms with E-state index in [1.165, 1.54) is 17.0 Å². The molecule has 1 amide bonds. The first-order chi connectivity index (χ1) is 17.4. The molecule has 37 heavy (non-hydrogen) atoms. The molecule has 0 spiro atoms. The second-order valence-corrected chi connectivity index (χ2v) is 9.11. The van der Waals surface area contributed by atoms with Gasteiger partial charge in [-0.05, 0) is 30.9 Å². The third-order valence-corrected chi connectivity index (χ3v) is 6.41. The molecule has 9 nitrogen and oxygen atoms in total. The Bertz CT molecular complexity index is 1430. The smallest absolute Gasteiger partial charge is 0.389 e. The maximum Gasteiger partial charge on any atom is 0.408 e. The van der Waals surface area contributed by atoms with Crippen LogP contribution in [0.4, 0.5) is 27.8 Å². The summed E-state index contributed by atoms with van der Waals surface area (Å²) in [4.78, 5) is 35.6. The Morgan fingerprint density at radius 1 is 1.14 bits per heavy atom. The first kappa shape index (κ1) is 25.0. The van der Waals surface area contributed by atoms with Gasteiger partial charge < -0.3 is 20.4 Å². The predicted octanol–water partition coefficient (Wildman–Crippen LogP) is 1.67. The Kier molecular flexibility index (Phi) is 6.10. The predicted molar refractivity (Wildman–Crippen MR) is 119 cm³/mol. The molecule has 196 valence electrons. The highest BCUT2D eigenvalue weighted by molar-refractivity contribution is 5.97. The molecule has 2 fully saturated rings. The summed E-state index contributed by atoms with van der Waals surface area (Å²) in [5, 5.41) is 21.3. The van der Waals surface area contributed by atoms with Gasteiger partial charge in [0.05, 0.1) is 23.8 Å². The summed E-state index contributed by atoms with van der Waals surface area (Å²) in [5.41, 5.74) is -1.89. The number of carbonyl (C=O) groups is 1. The molecule has 4 heterocycles. The molecule has 0 bridgehead atoms. The lowest BCUT2D eigenvalue weighted by atomic mass is 10.1. The van der Waals surface area contributed by atoms with Gasteiger partial charge in [-0.2, -0.15) is 13.2 Å². The van der Waals surface area contributed by atoms with Crippen molar-refractivity contribution in [3.05, 3.63) is 58.0 Å². The van der Waals surface area contributed by atoms with Crippen molar-refractivity contribution >= 4 is 22.8 Å². The summed E-state index contributed by atoms with van der Waals surface area (Å²) in [5.74, 6) is -4.68. The van der Waals surface area contributed by atoms with Gasteiger partial charge in [0.1, 0.15) is 23.2 Å². The van der Waals surface area contributed by atoms with E-state index in [9.17, 15) is 41.8 Å². The van der Waals surface area contributed by atoms with E-state index in [4.69, 9.17) is 0 Å². The molecule has 1 saturated carbocycles. The molecule has 5 rings (SSSR count). The SMILES string of the molecule is O=C(NC(C1CC1)C(F)(F)F)c1cn(-c2ncc(F)cc2F)c2nc(N3CC(O)[C@H](O)C3)ccc2c1=O. The Labute approximate surface area is 205 Å². The van der Waals surface area contributed by atoms with Crippen molar-refractivity contribution in [2.24, 2.45) is 5.92 Å². The van der Waals surface area contributed by atoms with E-state index < -0.39 is 64.7 Å². The number of amides is 1. The largest absolute Gasteiger partial charge is 0.408 e. The van der Waals surface area contributed by atoms with E-state index >= 15 is 0 Å². The first-order valence-corrected chi connectivity index (χ1v) is 11.3. The molecule has 0 aromatic carbocycles. The minimum atomic E-state index is -4.74. The quantitative estimate of drug-likeness (QED) is 0.434. The maximum absolute atomic E-state index is 14.7. The second kappa shape index (κ2) is 9.03. The lowest BCUT2D eigenvalue weighted by molar-refractivity contribution is -0.158. The summed E-state index contributed by atoms with van der Waals surface area (Å²) in [6, 6.07) is 0.958. The number of pyridine rings is 3. The van der Waals surface area contributed by atoms with Crippen LogP contribution in [0.2, 0.25) is 0 Å². The van der Waals surface area contributed by atoms with Gasteiger partial charge in [-0.1, -0.05) is 0 Å². The summed E-state index contributed by atoms with van der Waals surface area (Å²) in [6.45, 7) is 0.0150. The van der Waals surface area contributed by atoms with Crippen molar-refractivity contribution < 1.29 is 37.0 Å². The summed E-state index contributed by atoms with van der Waals surface area (Å²) >= 11 is 0. The van der Waals surface area contributed by atoms with Crippen LogP contribution in [0.15, 0.2) is 35.4 Å². The standard InChI is InChI=1S/C23H20F5N5O4/c24-11-5-14(25)21(29-6-11)33-7-13(22(37)31-19(10-1-2-10)23(26,27)28)18(36)12-3-4-17(30-20(12)33)32-8-15(34)16(35)9-32/h3-7,10,15-16,19,34-35H,1-2,8-9H2,(H,31,37)/t15-,16?,19?/m1/s1. The number of aromatic nitrogens is 3. The van der Waals surface area contributed by atoms with Gasteiger partial charge in [0.2, 0.25) is 5.43 Å². The van der Waals surface area contributed by atoms with Gasteiger partial charge in [-0.25, -0.2) is 18.7 Å². The van der Waals surface area contributed by atoms with E-state index in [0.717, 1.165) is 10.8 Å². The average molecular weight is 525 g/mol. The Morgan fingerprint density at radius 2 is 1.81 bits per heavy atom. The maximum atomic E-state index is 14.7. The van der Waals surface area contributed by atoms with E-state index in [-0.39, 0.29) is 42.8 Å². The van der Waals surface area contributed by atoms with Crippen LogP contribution in [0.1, 0.15) is 23.2 Å². The number of nitrogens with zero attached hydrogens (tertiary/aromatic N) is 4. The van der Waals surface area contributed by atoms with E-state index in [2.05, 4.69) is 9.97 Å². The topological polar surface area (TPSA) is 121 Å². The van der Waals surface area contributed by atoms with Gasteiger partial charge in [0.25, 0.3) is 5.91 Å². The summed E-state index contributed by atoms with van der Waals surface area (Å²) in [7, 11) is 0. The van der Waals surface area contributed by atoms with E-state index in [1.54, 1.807) is 0 Å². The fraction of sp³-hybridized carbons (Fsp3) is 0.391. The molecule has 3 N–H and O–H groups in total. The average Bonchev–Trinajstić information content (AvgIpc) is 3.61. The van der Waals surface area contributed by atoms with Crippen molar-refractivity contribution in [1.82, 2.24) is 19.9 Å². The fourth-order valence-corrected chi connectivity index (χ4v) is 4.35. The molecule has 3 aromatic rings. The number of hydrogen-bond donors (Lipinski definition) is 3. The van der Waals surface area contributed by atoms with Gasteiger partial charge in [0, 0.05) is 25.4 Å². The third kappa shape index (κ3) is 4.73. The number of anilines is 1. The number of rotatable bonds is 5. The summed E-state index contributed by atoms with van der Waals surface area (Å²) in [6.07, 6.45) is -4.82. The van der Waals surface area contributed by atoms with Crippen LogP contribution in [-0.2, 0) is 0 Å². The van der Waals surface area contributed by atoms with Gasteiger partial charge in [-0.3, -0.25) is 14.2 Å². The Balaban J connectivity index is 1.65. The van der Waals surface area contributed by atoms with Gasteiger partial charge in [0.15, 0.2) is 17.3 Å². The third-order valence-electron chi connectivity index (χ3n) is 6.41. The van der Waals surface area contributed by atoms with Crippen LogP contribution in [0.3, 0.4) is 0 Å². The molecule has 1 saturated heterocycles. The fourth-order valence-electron chi connectivity index (χ4n) is 4.35. The lowest BCUT2D eigenvalue weighted by Crippen LogP contribution is -2.48. The number of nitrogens with one attached hydrogen (secondary N) is 1. The van der Waals surface area contributed by atoms with Crippen molar-refractivity contribution in [3.63, 3.8) is 0 Å². The minimum absolute atomic E-state index is 0.00749. The second-order valence-electron chi connectivity index (χ2n) is 9.11. The summed E-state index contributed by atoms with van der Waals surface area (Å²) < 4.78 is 69.6. The number of alkyl halides is 3. The number of fused-ring (bicyclic) bond motifs is 1. The van der Waals surface area contributed by atoms with Crippen LogP contribution in [0.5, 0.6) is 0 Å². The van der Waals surface area contributed by atoms with E-state index in [0.29, 0.717) is 12.3 Å². The monoisotopic (exact) mass is 525 g/mol. The number of hydrogen-bond acceptors (Lipinski definition) is 7. The lowest BCUT2D eigenvalue weighted by Gasteiger charge is -2.22. The molecule has 3 aromatic heterocycles. The van der Waals surface area contributed by atoms with Crippen molar-refractivity contribution in [2.45, 2.75) is 37.3 Å². The number of aliphatic hydroxyl groups excluding tert-OH is 2. The Morgan fingerprint density at radius 3 is 2.41 bits per heavy atom. The van der Waals surface area contributed by atoms with Crippen LogP contribution < -0.4 is 15.6 Å². The Hall–Kier alpha value is -3.65. The van der Waals surface area contributed by atoms with Gasteiger partial charge >= 0.3 is 6.18 Å². The molecule has 1 aliphatic heterocycles. The van der Waals surface area contributed by atoms with Crippen molar-refractivity contribution in [1.29, 1.82) is 0 Å². The van der Waals surface area contributed by atoms with Crippen LogP contribution in [-0.4, -0.2) is 68.2 Å². The van der Waals surface area contributed by atoms with Crippen LogP contribution >= 0.6 is 0 Å². The number of β-amino-alcohol motifs (C(OH)–C–C–N with tert-alkyl or cyclic N) is 2. The van der Waals surface area contributed by atoms with Crippen LogP contribution in [0.25, 0.3) is 16.9 Å². The van der Waals surface area contributed by atoms with E-state index in [1.807, 2.05) is 5.32 Å². The molecule has 14 heteroatoms. The molecule has 2 aliphatic rings. The number of carbonyl (C=O) groups excluding carboxylic acids is 1. The zero-order valence-electron chi connectivity index (χ0n) is 18.9. The molecule has 3 atom stereocenters. The number of aliphatic hydroxyl groups is 2. The molecule has 0 radical (unpaired) electrons. The molecular weight excluding hydrogens is 505 g/mol. The van der Waals surface area contributed by atoms with Crippen molar-refractivity contribution in [3.8, 4) is 5.82 Å². The minimum Gasteiger partial charge on any atom is -0.389 e. The zero-order valence-corrected chi connectivity index (χ0v) is 18.9. The normalized spacial score (nSPS) is 20.9. The number of halogens is 5. The highest BCUT2D eigenvalue weighted by atomic mass is 19.4. The highest BCUT2D eigenvalue weighted by Gasteiger charge is 2.50. The van der Waals surface area contributed by atoms with Crippen LogP contribution in [0, 0.1) is 17.6 Å². The highest BCUT2D eigenvalue weighted by Crippen LogP contribution is 2.40.